The van der Waals surface area contributed by atoms with E-state index < -0.39 is 6.10 Å². The Kier molecular flexibility index (Phi) is 3.72. The lowest BCUT2D eigenvalue weighted by molar-refractivity contribution is -0.147. The van der Waals surface area contributed by atoms with Crippen LogP contribution in [-0.4, -0.2) is 17.1 Å². The zero-order valence-corrected chi connectivity index (χ0v) is 13.9. The largest absolute Gasteiger partial charge is 0.386 e. The van der Waals surface area contributed by atoms with Crippen LogP contribution in [0.4, 0.5) is 0 Å². The number of carbonyl (C=O) groups is 1. The van der Waals surface area contributed by atoms with Crippen molar-refractivity contribution in [3.8, 4) is 0 Å². The molecule has 0 aliphatic heterocycles. The molecule has 0 spiro atoms. The molecule has 124 valence electrons. The third-order valence-corrected chi connectivity index (χ3v) is 6.49. The Bertz CT molecular complexity index is 547. The molecule has 0 aromatic heterocycles. The zero-order chi connectivity index (χ0) is 16.0. The fourth-order valence-corrected chi connectivity index (χ4v) is 5.77. The van der Waals surface area contributed by atoms with Crippen LogP contribution in [0.15, 0.2) is 30.3 Å². The molecule has 4 bridgehead atoms. The SMILES string of the molecule is C[C@@H](NC(=O)C12CC3CC(CC(C3)C1)C2)C(O)c1ccccc1. The normalized spacial score (nSPS) is 37.4. The van der Waals surface area contributed by atoms with E-state index in [1.165, 1.54) is 19.3 Å². The number of benzene rings is 1. The monoisotopic (exact) mass is 313 g/mol. The van der Waals surface area contributed by atoms with E-state index >= 15 is 0 Å². The second-order valence-electron chi connectivity index (χ2n) is 8.32. The topological polar surface area (TPSA) is 49.3 Å². The van der Waals surface area contributed by atoms with Crippen LogP contribution in [0.1, 0.15) is 57.1 Å². The number of carbonyl (C=O) groups excluding carboxylic acids is 1. The fraction of sp³-hybridized carbons (Fsp3) is 0.650. The number of nitrogens with one attached hydrogen (secondary N) is 1. The average Bonchev–Trinajstić information content (AvgIpc) is 2.53. The first-order valence-corrected chi connectivity index (χ1v) is 9.10. The summed E-state index contributed by atoms with van der Waals surface area (Å²) >= 11 is 0. The Balaban J connectivity index is 1.45. The predicted molar refractivity (Wildman–Crippen MR) is 89.6 cm³/mol. The molecule has 2 N–H and O–H groups in total. The second kappa shape index (κ2) is 5.62. The van der Waals surface area contributed by atoms with Gasteiger partial charge in [0.2, 0.25) is 5.91 Å². The van der Waals surface area contributed by atoms with Gasteiger partial charge in [-0.3, -0.25) is 4.79 Å². The van der Waals surface area contributed by atoms with Gasteiger partial charge in [0.15, 0.2) is 0 Å². The lowest BCUT2D eigenvalue weighted by Gasteiger charge is -2.55. The predicted octanol–water partition coefficient (Wildman–Crippen LogP) is 3.44. The van der Waals surface area contributed by atoms with Crippen LogP contribution >= 0.6 is 0 Å². The Labute approximate surface area is 138 Å². The summed E-state index contributed by atoms with van der Waals surface area (Å²) in [6.07, 6.45) is 6.59. The molecular formula is C20H27NO2. The van der Waals surface area contributed by atoms with Gasteiger partial charge in [-0.15, -0.1) is 0 Å². The molecule has 0 radical (unpaired) electrons. The van der Waals surface area contributed by atoms with E-state index in [1.807, 2.05) is 37.3 Å². The maximum Gasteiger partial charge on any atom is 0.226 e. The van der Waals surface area contributed by atoms with Crippen molar-refractivity contribution in [3.05, 3.63) is 35.9 Å². The minimum atomic E-state index is -0.644. The van der Waals surface area contributed by atoms with Crippen molar-refractivity contribution in [2.75, 3.05) is 0 Å². The first-order chi connectivity index (χ1) is 11.1. The van der Waals surface area contributed by atoms with Crippen LogP contribution in [0, 0.1) is 23.2 Å². The maximum absolute atomic E-state index is 13.0. The molecule has 1 unspecified atom stereocenters. The van der Waals surface area contributed by atoms with Crippen LogP contribution in [-0.2, 0) is 4.79 Å². The van der Waals surface area contributed by atoms with E-state index in [1.54, 1.807) is 0 Å². The van der Waals surface area contributed by atoms with E-state index in [9.17, 15) is 9.90 Å². The molecule has 1 amide bonds. The van der Waals surface area contributed by atoms with Gasteiger partial charge in [-0.05, 0) is 68.8 Å². The fourth-order valence-electron chi connectivity index (χ4n) is 5.77. The van der Waals surface area contributed by atoms with Gasteiger partial charge in [0.05, 0.1) is 12.1 Å². The van der Waals surface area contributed by atoms with Gasteiger partial charge in [-0.1, -0.05) is 30.3 Å². The molecule has 4 fully saturated rings. The van der Waals surface area contributed by atoms with Crippen molar-refractivity contribution in [3.63, 3.8) is 0 Å². The van der Waals surface area contributed by atoms with E-state index in [4.69, 9.17) is 0 Å². The number of hydrogen-bond acceptors (Lipinski definition) is 2. The molecule has 4 aliphatic rings. The smallest absolute Gasteiger partial charge is 0.226 e. The van der Waals surface area contributed by atoms with Crippen molar-refractivity contribution in [2.45, 2.75) is 57.6 Å². The van der Waals surface area contributed by atoms with Gasteiger partial charge in [0.25, 0.3) is 0 Å². The highest BCUT2D eigenvalue weighted by atomic mass is 16.3. The number of hydrogen-bond donors (Lipinski definition) is 2. The van der Waals surface area contributed by atoms with Crippen molar-refractivity contribution in [1.82, 2.24) is 5.32 Å². The molecule has 1 aromatic rings. The van der Waals surface area contributed by atoms with Crippen molar-refractivity contribution in [2.24, 2.45) is 23.2 Å². The third kappa shape index (κ3) is 2.69. The molecule has 0 heterocycles. The molecule has 3 nitrogen and oxygen atoms in total. The van der Waals surface area contributed by atoms with Gasteiger partial charge < -0.3 is 10.4 Å². The molecule has 4 saturated carbocycles. The summed E-state index contributed by atoms with van der Waals surface area (Å²) in [7, 11) is 0. The molecule has 2 atom stereocenters. The van der Waals surface area contributed by atoms with Gasteiger partial charge >= 0.3 is 0 Å². The Morgan fingerprint density at radius 2 is 1.61 bits per heavy atom. The first kappa shape index (κ1) is 15.2. The summed E-state index contributed by atoms with van der Waals surface area (Å²) in [4.78, 5) is 13.0. The molecule has 0 saturated heterocycles. The van der Waals surface area contributed by atoms with Crippen molar-refractivity contribution < 1.29 is 9.90 Å². The van der Waals surface area contributed by atoms with Crippen molar-refractivity contribution >= 4 is 5.91 Å². The van der Waals surface area contributed by atoms with Gasteiger partial charge in [0, 0.05) is 5.41 Å². The number of amides is 1. The third-order valence-electron chi connectivity index (χ3n) is 6.49. The molecule has 23 heavy (non-hydrogen) atoms. The molecule has 4 aliphatic carbocycles. The van der Waals surface area contributed by atoms with E-state index in [0.717, 1.165) is 42.6 Å². The summed E-state index contributed by atoms with van der Waals surface area (Å²) in [5, 5.41) is 13.7. The Morgan fingerprint density at radius 3 is 2.13 bits per heavy atom. The zero-order valence-electron chi connectivity index (χ0n) is 13.9. The Hall–Kier alpha value is -1.35. The van der Waals surface area contributed by atoms with Crippen LogP contribution in [0.3, 0.4) is 0 Å². The molecule has 1 aromatic carbocycles. The first-order valence-electron chi connectivity index (χ1n) is 9.10. The highest BCUT2D eigenvalue weighted by molar-refractivity contribution is 5.83. The maximum atomic E-state index is 13.0. The highest BCUT2D eigenvalue weighted by Crippen LogP contribution is 2.60. The molecular weight excluding hydrogens is 286 g/mol. The van der Waals surface area contributed by atoms with Crippen LogP contribution in [0.2, 0.25) is 0 Å². The summed E-state index contributed by atoms with van der Waals surface area (Å²) in [5.74, 6) is 2.49. The lowest BCUT2D eigenvalue weighted by Crippen LogP contribution is -2.55. The number of aliphatic hydroxyl groups is 1. The van der Waals surface area contributed by atoms with Gasteiger partial charge in [-0.2, -0.15) is 0 Å². The van der Waals surface area contributed by atoms with Crippen LogP contribution in [0.25, 0.3) is 0 Å². The summed E-state index contributed by atoms with van der Waals surface area (Å²) in [6.45, 7) is 1.91. The van der Waals surface area contributed by atoms with Gasteiger partial charge in [-0.25, -0.2) is 0 Å². The Morgan fingerprint density at radius 1 is 1.09 bits per heavy atom. The van der Waals surface area contributed by atoms with Gasteiger partial charge in [0.1, 0.15) is 0 Å². The highest BCUT2D eigenvalue weighted by Gasteiger charge is 2.54. The standard InChI is InChI=1S/C20H27NO2/c1-13(18(22)17-5-3-2-4-6-17)21-19(23)20-10-14-7-15(11-20)9-16(8-14)12-20/h2-6,13-16,18,22H,7-12H2,1H3,(H,21,23)/t13-,14?,15?,16?,18?,20?/m1/s1. The number of aliphatic hydroxyl groups excluding tert-OH is 1. The minimum Gasteiger partial charge on any atom is -0.386 e. The summed E-state index contributed by atoms with van der Waals surface area (Å²) < 4.78 is 0. The minimum absolute atomic E-state index is 0.139. The van der Waals surface area contributed by atoms with E-state index in [-0.39, 0.29) is 17.4 Å². The quantitative estimate of drug-likeness (QED) is 0.894. The molecule has 3 heteroatoms. The van der Waals surface area contributed by atoms with Crippen LogP contribution < -0.4 is 5.32 Å². The lowest BCUT2D eigenvalue weighted by atomic mass is 9.49. The second-order valence-corrected chi connectivity index (χ2v) is 8.32. The van der Waals surface area contributed by atoms with Crippen molar-refractivity contribution in [1.29, 1.82) is 0 Å². The van der Waals surface area contributed by atoms with E-state index in [0.29, 0.717) is 0 Å². The van der Waals surface area contributed by atoms with Crippen LogP contribution in [0.5, 0.6) is 0 Å². The van der Waals surface area contributed by atoms with E-state index in [2.05, 4.69) is 5.32 Å². The summed E-state index contributed by atoms with van der Waals surface area (Å²) in [6, 6.07) is 9.36. The molecule has 5 rings (SSSR count). The average molecular weight is 313 g/mol. The number of rotatable bonds is 4. The summed E-state index contributed by atoms with van der Waals surface area (Å²) in [5.41, 5.74) is 0.727.